The molecule has 118 valence electrons. The molecule has 22 heavy (non-hydrogen) atoms. The molecular formula is C16H21N3O3. The first-order valence-electron chi connectivity index (χ1n) is 7.75. The summed E-state index contributed by atoms with van der Waals surface area (Å²) in [7, 11) is 0. The molecule has 6 heteroatoms. The minimum absolute atomic E-state index is 0.0201. The monoisotopic (exact) mass is 303 g/mol. The number of benzene rings is 1. The topological polar surface area (TPSA) is 61.9 Å². The second kappa shape index (κ2) is 6.25. The number of amides is 3. The summed E-state index contributed by atoms with van der Waals surface area (Å²) in [5, 5.41) is 2.79. The third-order valence-electron chi connectivity index (χ3n) is 4.13. The highest BCUT2D eigenvalue weighted by atomic mass is 16.5. The second-order valence-electron chi connectivity index (χ2n) is 5.57. The van der Waals surface area contributed by atoms with Gasteiger partial charge in [0, 0.05) is 39.1 Å². The molecule has 0 saturated carbocycles. The van der Waals surface area contributed by atoms with E-state index in [0.29, 0.717) is 39.1 Å². The van der Waals surface area contributed by atoms with E-state index in [1.165, 1.54) is 0 Å². The van der Waals surface area contributed by atoms with E-state index in [2.05, 4.69) is 5.32 Å². The van der Waals surface area contributed by atoms with Crippen LogP contribution in [0.5, 0.6) is 5.75 Å². The third-order valence-corrected chi connectivity index (χ3v) is 4.13. The van der Waals surface area contributed by atoms with E-state index in [4.69, 9.17) is 4.74 Å². The molecule has 1 N–H and O–H groups in total. The first-order valence-corrected chi connectivity index (χ1v) is 7.75. The number of carbonyl (C=O) groups excluding carboxylic acids is 2. The number of para-hydroxylation sites is 1. The summed E-state index contributed by atoms with van der Waals surface area (Å²) in [6.07, 6.45) is 0.208. The number of ether oxygens (including phenoxy) is 1. The van der Waals surface area contributed by atoms with Gasteiger partial charge in [0.2, 0.25) is 0 Å². The zero-order valence-corrected chi connectivity index (χ0v) is 12.7. The van der Waals surface area contributed by atoms with Crippen LogP contribution in [0.4, 0.5) is 4.79 Å². The molecule has 1 atom stereocenters. The number of nitrogens with one attached hydrogen (secondary N) is 1. The number of nitrogens with zero attached hydrogens (tertiary/aromatic N) is 2. The molecule has 0 radical (unpaired) electrons. The van der Waals surface area contributed by atoms with E-state index < -0.39 is 6.10 Å². The molecule has 0 aliphatic carbocycles. The van der Waals surface area contributed by atoms with Gasteiger partial charge in [-0.3, -0.25) is 4.79 Å². The van der Waals surface area contributed by atoms with Gasteiger partial charge < -0.3 is 19.9 Å². The van der Waals surface area contributed by atoms with Gasteiger partial charge in [0.25, 0.3) is 5.91 Å². The van der Waals surface area contributed by atoms with Crippen LogP contribution in [0, 0.1) is 0 Å². The van der Waals surface area contributed by atoms with Gasteiger partial charge in [-0.15, -0.1) is 0 Å². The van der Waals surface area contributed by atoms with Gasteiger partial charge in [-0.25, -0.2) is 4.79 Å². The number of hydrogen-bond donors (Lipinski definition) is 1. The highest BCUT2D eigenvalue weighted by Crippen LogP contribution is 2.29. The predicted molar refractivity (Wildman–Crippen MR) is 81.8 cm³/mol. The smallest absolute Gasteiger partial charge is 0.317 e. The van der Waals surface area contributed by atoms with E-state index in [-0.39, 0.29) is 11.9 Å². The molecule has 6 nitrogen and oxygen atoms in total. The maximum absolute atomic E-state index is 12.6. The number of carbonyl (C=O) groups is 2. The molecule has 1 aromatic rings. The maximum Gasteiger partial charge on any atom is 0.317 e. The van der Waals surface area contributed by atoms with Gasteiger partial charge in [-0.1, -0.05) is 18.2 Å². The Labute approximate surface area is 130 Å². The van der Waals surface area contributed by atoms with Crippen LogP contribution in [0.15, 0.2) is 24.3 Å². The van der Waals surface area contributed by atoms with Gasteiger partial charge in [-0.05, 0) is 18.6 Å². The minimum atomic E-state index is -0.423. The van der Waals surface area contributed by atoms with Crippen LogP contribution < -0.4 is 10.1 Å². The van der Waals surface area contributed by atoms with Crippen LogP contribution in [0.25, 0.3) is 0 Å². The fraction of sp³-hybridized carbons (Fsp3) is 0.500. The van der Waals surface area contributed by atoms with Crippen LogP contribution in [0.1, 0.15) is 12.5 Å². The van der Waals surface area contributed by atoms with Crippen molar-refractivity contribution in [1.82, 2.24) is 15.1 Å². The van der Waals surface area contributed by atoms with Crippen LogP contribution in [0.2, 0.25) is 0 Å². The van der Waals surface area contributed by atoms with E-state index in [1.54, 1.807) is 9.80 Å². The third kappa shape index (κ3) is 2.86. The van der Waals surface area contributed by atoms with Crippen molar-refractivity contribution in [3.63, 3.8) is 0 Å². The summed E-state index contributed by atoms with van der Waals surface area (Å²) in [5.74, 6) is 0.827. The summed E-state index contributed by atoms with van der Waals surface area (Å²) in [6.45, 7) is 4.77. The second-order valence-corrected chi connectivity index (χ2v) is 5.57. The Morgan fingerprint density at radius 2 is 1.86 bits per heavy atom. The molecule has 2 aliphatic rings. The molecule has 0 bridgehead atoms. The Balaban J connectivity index is 1.54. The lowest BCUT2D eigenvalue weighted by molar-refractivity contribution is -0.139. The molecule has 1 aromatic carbocycles. The largest absolute Gasteiger partial charge is 0.480 e. The SMILES string of the molecule is CCNC(=O)N1CCN(C(=O)C2Cc3ccccc3O2)CC1. The molecule has 1 unspecified atom stereocenters. The zero-order valence-electron chi connectivity index (χ0n) is 12.7. The average molecular weight is 303 g/mol. The van der Waals surface area contributed by atoms with Gasteiger partial charge in [0.1, 0.15) is 5.75 Å². The Kier molecular flexibility index (Phi) is 4.18. The lowest BCUT2D eigenvalue weighted by atomic mass is 10.1. The lowest BCUT2D eigenvalue weighted by Gasteiger charge is -2.35. The molecule has 0 aromatic heterocycles. The van der Waals surface area contributed by atoms with Crippen molar-refractivity contribution in [3.8, 4) is 5.75 Å². The van der Waals surface area contributed by atoms with Gasteiger partial charge in [0.15, 0.2) is 6.10 Å². The number of fused-ring (bicyclic) bond motifs is 1. The molecular weight excluding hydrogens is 282 g/mol. The van der Waals surface area contributed by atoms with Crippen LogP contribution in [0.3, 0.4) is 0 Å². The Bertz CT molecular complexity index is 543. The van der Waals surface area contributed by atoms with E-state index in [0.717, 1.165) is 11.3 Å². The van der Waals surface area contributed by atoms with Gasteiger partial charge in [-0.2, -0.15) is 0 Å². The zero-order chi connectivity index (χ0) is 15.5. The van der Waals surface area contributed by atoms with Crippen LogP contribution >= 0.6 is 0 Å². The lowest BCUT2D eigenvalue weighted by Crippen LogP contribution is -2.55. The van der Waals surface area contributed by atoms with Crippen molar-refractivity contribution in [3.05, 3.63) is 29.8 Å². The summed E-state index contributed by atoms with van der Waals surface area (Å²) in [5.41, 5.74) is 1.09. The molecule has 1 fully saturated rings. The van der Waals surface area contributed by atoms with Crippen molar-refractivity contribution in [2.45, 2.75) is 19.4 Å². The van der Waals surface area contributed by atoms with E-state index in [1.807, 2.05) is 31.2 Å². The normalized spacial score (nSPS) is 20.3. The average Bonchev–Trinajstić information content (AvgIpc) is 2.98. The Morgan fingerprint density at radius 1 is 1.18 bits per heavy atom. The maximum atomic E-state index is 12.6. The van der Waals surface area contributed by atoms with Crippen molar-refractivity contribution in [2.75, 3.05) is 32.7 Å². The minimum Gasteiger partial charge on any atom is -0.480 e. The van der Waals surface area contributed by atoms with Crippen molar-refractivity contribution < 1.29 is 14.3 Å². The van der Waals surface area contributed by atoms with Crippen molar-refractivity contribution >= 4 is 11.9 Å². The number of rotatable bonds is 2. The van der Waals surface area contributed by atoms with Crippen LogP contribution in [-0.4, -0.2) is 60.6 Å². The molecule has 3 rings (SSSR count). The van der Waals surface area contributed by atoms with Gasteiger partial charge in [0.05, 0.1) is 0 Å². The van der Waals surface area contributed by atoms with Gasteiger partial charge >= 0.3 is 6.03 Å². The Hall–Kier alpha value is -2.24. The number of hydrogen-bond acceptors (Lipinski definition) is 3. The molecule has 2 aliphatic heterocycles. The molecule has 3 amide bonds. The number of urea groups is 1. The highest BCUT2D eigenvalue weighted by molar-refractivity contribution is 5.83. The highest BCUT2D eigenvalue weighted by Gasteiger charge is 2.34. The summed E-state index contributed by atoms with van der Waals surface area (Å²) < 4.78 is 5.75. The summed E-state index contributed by atoms with van der Waals surface area (Å²) in [6, 6.07) is 7.71. The quantitative estimate of drug-likeness (QED) is 0.881. The Morgan fingerprint density at radius 3 is 2.55 bits per heavy atom. The van der Waals surface area contributed by atoms with Crippen molar-refractivity contribution in [1.29, 1.82) is 0 Å². The van der Waals surface area contributed by atoms with Crippen LogP contribution in [-0.2, 0) is 11.2 Å². The standard InChI is InChI=1S/C16H21N3O3/c1-2-17-16(21)19-9-7-18(8-10-19)15(20)14-11-12-5-3-4-6-13(12)22-14/h3-6,14H,2,7-11H2,1H3,(H,17,21). The molecule has 0 spiro atoms. The molecule has 2 heterocycles. The molecule has 1 saturated heterocycles. The predicted octanol–water partition coefficient (Wildman–Crippen LogP) is 0.864. The summed E-state index contributed by atoms with van der Waals surface area (Å²) in [4.78, 5) is 27.9. The fourth-order valence-electron chi connectivity index (χ4n) is 2.92. The fourth-order valence-corrected chi connectivity index (χ4v) is 2.92. The van der Waals surface area contributed by atoms with Crippen molar-refractivity contribution in [2.24, 2.45) is 0 Å². The van der Waals surface area contributed by atoms with E-state index in [9.17, 15) is 9.59 Å². The van der Waals surface area contributed by atoms with E-state index >= 15 is 0 Å². The summed E-state index contributed by atoms with van der Waals surface area (Å²) >= 11 is 0. The first kappa shape index (κ1) is 14.7. The first-order chi connectivity index (χ1) is 10.7. The number of piperazine rings is 1.